The van der Waals surface area contributed by atoms with Crippen LogP contribution < -0.4 is 0 Å². The lowest BCUT2D eigenvalue weighted by molar-refractivity contribution is 0.456. The molecule has 0 aliphatic rings. The van der Waals surface area contributed by atoms with Gasteiger partial charge in [-0.15, -0.1) is 11.6 Å². The van der Waals surface area contributed by atoms with E-state index in [4.69, 9.17) is 11.6 Å². The zero-order chi connectivity index (χ0) is 13.1. The number of rotatable bonds is 6. The third kappa shape index (κ3) is 3.00. The third-order valence-corrected chi connectivity index (χ3v) is 4.75. The Morgan fingerprint density at radius 2 is 2.12 bits per heavy atom. The zero-order valence-corrected chi connectivity index (χ0v) is 11.9. The van der Waals surface area contributed by atoms with Crippen molar-refractivity contribution in [2.45, 2.75) is 37.6 Å². The molecule has 0 bridgehead atoms. The molecule has 1 rings (SSSR count). The molecule has 1 aromatic rings. The fourth-order valence-electron chi connectivity index (χ4n) is 1.45. The Balaban J connectivity index is 3.04. The van der Waals surface area contributed by atoms with Gasteiger partial charge < -0.3 is 0 Å². The minimum absolute atomic E-state index is 0.0450. The van der Waals surface area contributed by atoms with Crippen LogP contribution in [-0.2, 0) is 15.9 Å². The smallest absolute Gasteiger partial charge is 0.262 e. The number of aryl methyl sites for hydroxylation is 1. The number of hydrogen-bond donors (Lipinski definition) is 1. The molecule has 0 aliphatic carbocycles. The second kappa shape index (κ2) is 5.84. The molecule has 0 fully saturated rings. The number of hydrogen-bond acceptors (Lipinski definition) is 3. The Bertz CT molecular complexity index is 470. The summed E-state index contributed by atoms with van der Waals surface area (Å²) in [5.74, 6) is 0.137. The Labute approximate surface area is 107 Å². The highest BCUT2D eigenvalue weighted by Gasteiger charge is 2.27. The SMILES string of the molecule is CCCCN(C)S(=O)(=O)c1n[nH]c(C)c1CCl. The first kappa shape index (κ1) is 14.5. The highest BCUT2D eigenvalue weighted by molar-refractivity contribution is 7.89. The van der Waals surface area contributed by atoms with E-state index >= 15 is 0 Å². The Morgan fingerprint density at radius 1 is 1.47 bits per heavy atom. The van der Waals surface area contributed by atoms with Crippen molar-refractivity contribution < 1.29 is 8.42 Å². The quantitative estimate of drug-likeness (QED) is 0.809. The number of aromatic nitrogens is 2. The Morgan fingerprint density at radius 3 is 2.65 bits per heavy atom. The number of unbranched alkanes of at least 4 members (excludes halogenated alkanes) is 1. The van der Waals surface area contributed by atoms with Gasteiger partial charge in [-0.3, -0.25) is 5.10 Å². The van der Waals surface area contributed by atoms with Gasteiger partial charge >= 0.3 is 0 Å². The van der Waals surface area contributed by atoms with E-state index in [0.29, 0.717) is 17.8 Å². The molecule has 0 aliphatic heterocycles. The largest absolute Gasteiger partial charge is 0.281 e. The van der Waals surface area contributed by atoms with Crippen LogP contribution in [0.2, 0.25) is 0 Å². The number of sulfonamides is 1. The second-order valence-corrected chi connectivity index (χ2v) is 6.17. The lowest BCUT2D eigenvalue weighted by atomic mass is 10.3. The molecule has 0 amide bonds. The van der Waals surface area contributed by atoms with Crippen molar-refractivity contribution in [3.63, 3.8) is 0 Å². The summed E-state index contributed by atoms with van der Waals surface area (Å²) >= 11 is 5.75. The molecule has 1 aromatic heterocycles. The number of aromatic amines is 1. The van der Waals surface area contributed by atoms with Crippen LogP contribution in [0.3, 0.4) is 0 Å². The van der Waals surface area contributed by atoms with E-state index in [1.54, 1.807) is 14.0 Å². The van der Waals surface area contributed by atoms with Gasteiger partial charge in [0.2, 0.25) is 0 Å². The molecular weight excluding hydrogens is 262 g/mol. The molecule has 0 unspecified atom stereocenters. The number of nitrogens with zero attached hydrogens (tertiary/aromatic N) is 2. The van der Waals surface area contributed by atoms with Crippen LogP contribution in [0.1, 0.15) is 31.0 Å². The van der Waals surface area contributed by atoms with Gasteiger partial charge in [0.1, 0.15) is 0 Å². The van der Waals surface area contributed by atoms with Crippen molar-refractivity contribution in [3.8, 4) is 0 Å². The molecule has 5 nitrogen and oxygen atoms in total. The van der Waals surface area contributed by atoms with Gasteiger partial charge in [-0.05, 0) is 13.3 Å². The van der Waals surface area contributed by atoms with Gasteiger partial charge in [0.05, 0.1) is 5.88 Å². The number of halogens is 1. The van der Waals surface area contributed by atoms with Crippen LogP contribution in [0.15, 0.2) is 5.03 Å². The van der Waals surface area contributed by atoms with E-state index in [0.717, 1.165) is 12.8 Å². The normalized spacial score (nSPS) is 12.3. The fourth-order valence-corrected chi connectivity index (χ4v) is 3.22. The van der Waals surface area contributed by atoms with Gasteiger partial charge in [-0.1, -0.05) is 13.3 Å². The summed E-state index contributed by atoms with van der Waals surface area (Å²) in [7, 11) is -1.96. The van der Waals surface area contributed by atoms with E-state index in [1.807, 2.05) is 6.92 Å². The summed E-state index contributed by atoms with van der Waals surface area (Å²) in [6.07, 6.45) is 1.77. The van der Waals surface area contributed by atoms with E-state index in [1.165, 1.54) is 4.31 Å². The lowest BCUT2D eigenvalue weighted by Crippen LogP contribution is -2.28. The zero-order valence-electron chi connectivity index (χ0n) is 10.3. The first-order valence-corrected chi connectivity index (χ1v) is 7.48. The van der Waals surface area contributed by atoms with Gasteiger partial charge in [-0.25, -0.2) is 8.42 Å². The predicted octanol–water partition coefficient (Wildman–Crippen LogP) is 1.88. The summed E-state index contributed by atoms with van der Waals surface area (Å²) in [5.41, 5.74) is 1.25. The summed E-state index contributed by atoms with van der Waals surface area (Å²) in [6, 6.07) is 0. The summed E-state index contributed by atoms with van der Waals surface area (Å²) in [6.45, 7) is 4.27. The first-order chi connectivity index (χ1) is 7.95. The molecule has 17 heavy (non-hydrogen) atoms. The molecule has 1 heterocycles. The molecule has 0 atom stereocenters. The molecule has 0 spiro atoms. The van der Waals surface area contributed by atoms with Crippen LogP contribution in [0.4, 0.5) is 0 Å². The maximum absolute atomic E-state index is 12.2. The molecular formula is C10H18ClN3O2S. The van der Waals surface area contributed by atoms with Crippen molar-refractivity contribution >= 4 is 21.6 Å². The van der Waals surface area contributed by atoms with E-state index in [9.17, 15) is 8.42 Å². The minimum atomic E-state index is -3.53. The summed E-state index contributed by atoms with van der Waals surface area (Å²) < 4.78 is 25.8. The number of nitrogens with one attached hydrogen (secondary N) is 1. The van der Waals surface area contributed by atoms with Crippen LogP contribution >= 0.6 is 11.6 Å². The Kier molecular flexibility index (Phi) is 4.97. The standard InChI is InChI=1S/C10H18ClN3O2S/c1-4-5-6-14(3)17(15,16)10-9(7-11)8(2)12-13-10/h4-7H2,1-3H3,(H,12,13). The van der Waals surface area contributed by atoms with Crippen LogP contribution in [-0.4, -0.2) is 36.5 Å². The number of alkyl halides is 1. The first-order valence-electron chi connectivity index (χ1n) is 5.51. The number of H-pyrrole nitrogens is 1. The molecule has 0 saturated carbocycles. The summed E-state index contributed by atoms with van der Waals surface area (Å²) in [4.78, 5) is 0. The molecule has 0 aromatic carbocycles. The topological polar surface area (TPSA) is 66.1 Å². The third-order valence-electron chi connectivity index (χ3n) is 2.65. The van der Waals surface area contributed by atoms with Crippen LogP contribution in [0, 0.1) is 6.92 Å². The van der Waals surface area contributed by atoms with Crippen LogP contribution in [0.5, 0.6) is 0 Å². The Hall–Kier alpha value is -0.590. The van der Waals surface area contributed by atoms with Crippen molar-refractivity contribution in [1.29, 1.82) is 0 Å². The van der Waals surface area contributed by atoms with Crippen LogP contribution in [0.25, 0.3) is 0 Å². The van der Waals surface area contributed by atoms with Crippen molar-refractivity contribution in [1.82, 2.24) is 14.5 Å². The van der Waals surface area contributed by atoms with Gasteiger partial charge in [0.15, 0.2) is 5.03 Å². The van der Waals surface area contributed by atoms with Crippen molar-refractivity contribution in [2.24, 2.45) is 0 Å². The average Bonchev–Trinajstić information content (AvgIpc) is 2.67. The highest BCUT2D eigenvalue weighted by Crippen LogP contribution is 2.21. The highest BCUT2D eigenvalue weighted by atomic mass is 35.5. The summed E-state index contributed by atoms with van der Waals surface area (Å²) in [5, 5.41) is 6.56. The molecule has 98 valence electrons. The molecule has 0 saturated heterocycles. The minimum Gasteiger partial charge on any atom is -0.281 e. The van der Waals surface area contributed by atoms with Gasteiger partial charge in [0, 0.05) is 24.8 Å². The monoisotopic (exact) mass is 279 g/mol. The average molecular weight is 280 g/mol. The fraction of sp³-hybridized carbons (Fsp3) is 0.700. The van der Waals surface area contributed by atoms with Crippen molar-refractivity contribution in [3.05, 3.63) is 11.3 Å². The molecule has 7 heteroatoms. The lowest BCUT2D eigenvalue weighted by Gasteiger charge is -2.15. The van der Waals surface area contributed by atoms with E-state index in [2.05, 4.69) is 10.2 Å². The maximum Gasteiger partial charge on any atom is 0.262 e. The molecule has 1 N–H and O–H groups in total. The predicted molar refractivity (Wildman–Crippen MR) is 67.6 cm³/mol. The van der Waals surface area contributed by atoms with Gasteiger partial charge in [-0.2, -0.15) is 9.40 Å². The van der Waals surface area contributed by atoms with Crippen molar-refractivity contribution in [2.75, 3.05) is 13.6 Å². The second-order valence-electron chi connectivity index (χ2n) is 3.95. The molecule has 0 radical (unpaired) electrons. The van der Waals surface area contributed by atoms with Gasteiger partial charge in [0.25, 0.3) is 10.0 Å². The maximum atomic E-state index is 12.2. The van der Waals surface area contributed by atoms with E-state index < -0.39 is 10.0 Å². The van der Waals surface area contributed by atoms with E-state index in [-0.39, 0.29) is 10.9 Å².